The third-order valence-corrected chi connectivity index (χ3v) is 6.82. The lowest BCUT2D eigenvalue weighted by molar-refractivity contribution is -0.150. The molecule has 0 saturated carbocycles. The van der Waals surface area contributed by atoms with Crippen molar-refractivity contribution in [2.24, 2.45) is 0 Å². The minimum absolute atomic E-state index is 0.0426. The molecule has 0 bridgehead atoms. The predicted molar refractivity (Wildman–Crippen MR) is 112 cm³/mol. The molecule has 1 spiro atoms. The molecular weight excluding hydrogens is 368 g/mol. The lowest BCUT2D eigenvalue weighted by Crippen LogP contribution is -2.57. The monoisotopic (exact) mass is 402 g/mol. The summed E-state index contributed by atoms with van der Waals surface area (Å²) >= 11 is 0. The van der Waals surface area contributed by atoms with Gasteiger partial charge in [0.05, 0.1) is 18.6 Å². The van der Waals surface area contributed by atoms with Gasteiger partial charge in [-0.3, -0.25) is 9.69 Å². The molecule has 3 aliphatic rings. The third-order valence-electron chi connectivity index (χ3n) is 6.82. The number of likely N-dealkylation sites (tertiary alicyclic amines) is 1. The minimum Gasteiger partial charge on any atom is -0.384 e. The van der Waals surface area contributed by atoms with E-state index >= 15 is 0 Å². The van der Waals surface area contributed by atoms with Crippen LogP contribution in [0.1, 0.15) is 32.1 Å². The Labute approximate surface area is 174 Å². The number of aromatic nitrogens is 1. The average Bonchev–Trinajstić information content (AvgIpc) is 2.79. The number of piperidine rings is 1. The van der Waals surface area contributed by atoms with Crippen molar-refractivity contribution in [3.05, 3.63) is 24.4 Å². The molecule has 7 nitrogen and oxygen atoms in total. The smallest absolute Gasteiger partial charge is 0.224 e. The molecule has 0 N–H and O–H groups in total. The first-order valence-corrected chi connectivity index (χ1v) is 11.0. The molecule has 0 unspecified atom stereocenters. The van der Waals surface area contributed by atoms with Crippen LogP contribution in [0.4, 0.5) is 5.82 Å². The Balaban J connectivity index is 1.28. The molecule has 3 aliphatic heterocycles. The van der Waals surface area contributed by atoms with Gasteiger partial charge in [0.1, 0.15) is 5.82 Å². The summed E-state index contributed by atoms with van der Waals surface area (Å²) in [5.41, 5.74) is -0.0426. The van der Waals surface area contributed by atoms with Crippen molar-refractivity contribution in [2.75, 3.05) is 64.5 Å². The molecule has 7 heteroatoms. The molecule has 0 aliphatic carbocycles. The van der Waals surface area contributed by atoms with Crippen LogP contribution in [0.3, 0.4) is 0 Å². The Morgan fingerprint density at radius 2 is 2.00 bits per heavy atom. The number of anilines is 1. The summed E-state index contributed by atoms with van der Waals surface area (Å²) in [7, 11) is 1.64. The highest BCUT2D eigenvalue weighted by molar-refractivity contribution is 5.76. The number of carbonyl (C=O) groups is 1. The Morgan fingerprint density at radius 3 is 2.69 bits per heavy atom. The fourth-order valence-electron chi connectivity index (χ4n) is 5.03. The number of nitrogens with zero attached hydrogens (tertiary/aromatic N) is 4. The van der Waals surface area contributed by atoms with E-state index in [2.05, 4.69) is 26.9 Å². The summed E-state index contributed by atoms with van der Waals surface area (Å²) in [5, 5.41) is 0. The fraction of sp³-hybridized carbons (Fsp3) is 0.727. The molecule has 1 aromatic heterocycles. The lowest BCUT2D eigenvalue weighted by Gasteiger charge is -2.49. The standard InChI is InChI=1S/C22H34N4O3/c1-28-16-6-21(27)26-10-7-22(8-11-26)18-19(5-17-29-22)24-12-14-25(15-13-24)20-4-2-3-9-23-20/h2-4,9,19H,5-8,10-18H2,1H3/t19-/m1/s1. The Morgan fingerprint density at radius 1 is 1.21 bits per heavy atom. The summed E-state index contributed by atoms with van der Waals surface area (Å²) in [6, 6.07) is 6.72. The zero-order valence-electron chi connectivity index (χ0n) is 17.6. The van der Waals surface area contributed by atoms with Gasteiger partial charge in [-0.15, -0.1) is 0 Å². The van der Waals surface area contributed by atoms with Crippen molar-refractivity contribution in [1.82, 2.24) is 14.8 Å². The number of piperazine rings is 1. The van der Waals surface area contributed by atoms with E-state index in [0.717, 1.165) is 77.4 Å². The maximum absolute atomic E-state index is 12.3. The molecule has 160 valence electrons. The Bertz CT molecular complexity index is 655. The summed E-state index contributed by atoms with van der Waals surface area (Å²) in [6.07, 6.45) is 6.47. The van der Waals surface area contributed by atoms with Crippen molar-refractivity contribution < 1.29 is 14.3 Å². The van der Waals surface area contributed by atoms with Crippen LogP contribution >= 0.6 is 0 Å². The molecule has 0 aromatic carbocycles. The van der Waals surface area contributed by atoms with E-state index in [9.17, 15) is 4.79 Å². The normalized spacial score (nSPS) is 25.3. The van der Waals surface area contributed by atoms with E-state index in [1.807, 2.05) is 17.2 Å². The van der Waals surface area contributed by atoms with Gasteiger partial charge in [-0.25, -0.2) is 4.98 Å². The van der Waals surface area contributed by atoms with Gasteiger partial charge < -0.3 is 19.3 Å². The maximum atomic E-state index is 12.3. The number of hydrogen-bond acceptors (Lipinski definition) is 6. The van der Waals surface area contributed by atoms with Crippen LogP contribution in [0.15, 0.2) is 24.4 Å². The van der Waals surface area contributed by atoms with E-state index in [-0.39, 0.29) is 11.5 Å². The molecule has 3 fully saturated rings. The van der Waals surface area contributed by atoms with Gasteiger partial charge in [0.2, 0.25) is 5.91 Å². The first-order chi connectivity index (χ1) is 14.2. The van der Waals surface area contributed by atoms with Crippen LogP contribution in [-0.2, 0) is 14.3 Å². The Hall–Kier alpha value is -1.70. The fourth-order valence-corrected chi connectivity index (χ4v) is 5.03. The quantitative estimate of drug-likeness (QED) is 0.748. The van der Waals surface area contributed by atoms with E-state index in [1.54, 1.807) is 7.11 Å². The molecule has 1 atom stereocenters. The second kappa shape index (κ2) is 9.41. The van der Waals surface area contributed by atoms with E-state index in [4.69, 9.17) is 9.47 Å². The van der Waals surface area contributed by atoms with Crippen molar-refractivity contribution in [2.45, 2.75) is 43.7 Å². The molecule has 1 aromatic rings. The third kappa shape index (κ3) is 4.90. The van der Waals surface area contributed by atoms with E-state index in [0.29, 0.717) is 19.1 Å². The minimum atomic E-state index is -0.0426. The number of methoxy groups -OCH3 is 1. The van der Waals surface area contributed by atoms with Crippen molar-refractivity contribution in [3.63, 3.8) is 0 Å². The van der Waals surface area contributed by atoms with Gasteiger partial charge in [-0.1, -0.05) is 6.07 Å². The summed E-state index contributed by atoms with van der Waals surface area (Å²) in [6.45, 7) is 7.18. The van der Waals surface area contributed by atoms with Crippen LogP contribution < -0.4 is 4.90 Å². The molecular formula is C22H34N4O3. The molecule has 4 rings (SSSR count). The first-order valence-electron chi connectivity index (χ1n) is 11.0. The van der Waals surface area contributed by atoms with Crippen LogP contribution in [0.2, 0.25) is 0 Å². The van der Waals surface area contributed by atoms with Gasteiger partial charge in [-0.05, 0) is 37.8 Å². The zero-order valence-corrected chi connectivity index (χ0v) is 17.6. The lowest BCUT2D eigenvalue weighted by atomic mass is 9.81. The van der Waals surface area contributed by atoms with E-state index < -0.39 is 0 Å². The van der Waals surface area contributed by atoms with Gasteiger partial charge in [0.25, 0.3) is 0 Å². The van der Waals surface area contributed by atoms with Gasteiger partial charge in [0.15, 0.2) is 0 Å². The van der Waals surface area contributed by atoms with Crippen LogP contribution in [0.5, 0.6) is 0 Å². The molecule has 0 radical (unpaired) electrons. The summed E-state index contributed by atoms with van der Waals surface area (Å²) < 4.78 is 11.4. The molecule has 3 saturated heterocycles. The van der Waals surface area contributed by atoms with Gasteiger partial charge >= 0.3 is 0 Å². The summed E-state index contributed by atoms with van der Waals surface area (Å²) in [4.78, 5) is 23.8. The number of rotatable bonds is 5. The van der Waals surface area contributed by atoms with Crippen molar-refractivity contribution >= 4 is 11.7 Å². The Kier molecular flexibility index (Phi) is 6.67. The number of hydrogen-bond donors (Lipinski definition) is 0. The molecule has 4 heterocycles. The zero-order chi connectivity index (χ0) is 20.1. The van der Waals surface area contributed by atoms with Crippen molar-refractivity contribution in [1.29, 1.82) is 0 Å². The molecule has 29 heavy (non-hydrogen) atoms. The summed E-state index contributed by atoms with van der Waals surface area (Å²) in [5.74, 6) is 1.29. The number of carbonyl (C=O) groups excluding carboxylic acids is 1. The predicted octanol–water partition coefficient (Wildman–Crippen LogP) is 1.78. The van der Waals surface area contributed by atoms with Crippen LogP contribution in [-0.4, -0.2) is 91.9 Å². The highest BCUT2D eigenvalue weighted by atomic mass is 16.5. The second-order valence-electron chi connectivity index (χ2n) is 8.51. The highest BCUT2D eigenvalue weighted by Gasteiger charge is 2.42. The van der Waals surface area contributed by atoms with Crippen LogP contribution in [0, 0.1) is 0 Å². The van der Waals surface area contributed by atoms with E-state index in [1.165, 1.54) is 0 Å². The maximum Gasteiger partial charge on any atom is 0.224 e. The average molecular weight is 403 g/mol. The topological polar surface area (TPSA) is 58.1 Å². The highest BCUT2D eigenvalue weighted by Crippen LogP contribution is 2.37. The van der Waals surface area contributed by atoms with Gasteiger partial charge in [-0.2, -0.15) is 0 Å². The number of ether oxygens (including phenoxy) is 2. The van der Waals surface area contributed by atoms with Gasteiger partial charge in [0, 0.05) is 65.2 Å². The van der Waals surface area contributed by atoms with Crippen molar-refractivity contribution in [3.8, 4) is 0 Å². The SMILES string of the molecule is COCCC(=O)N1CCC2(CC1)C[C@H](N1CCN(c3ccccn3)CC1)CCO2. The second-order valence-corrected chi connectivity index (χ2v) is 8.51. The largest absolute Gasteiger partial charge is 0.384 e. The first kappa shape index (κ1) is 20.6. The van der Waals surface area contributed by atoms with Crippen LogP contribution in [0.25, 0.3) is 0 Å². The number of amides is 1. The molecule has 1 amide bonds. The number of pyridine rings is 1.